The molecule has 3 aromatic rings. The van der Waals surface area contributed by atoms with Gasteiger partial charge in [0, 0.05) is 17.2 Å². The molecule has 4 rings (SSSR count). The Bertz CT molecular complexity index is 1240. The molecule has 0 radical (unpaired) electrons. The van der Waals surface area contributed by atoms with Crippen molar-refractivity contribution in [1.82, 2.24) is 4.98 Å². The number of hydrogen-bond donors (Lipinski definition) is 1. The number of ketones is 1. The van der Waals surface area contributed by atoms with Gasteiger partial charge in [0.2, 0.25) is 5.91 Å². The van der Waals surface area contributed by atoms with Gasteiger partial charge in [-0.05, 0) is 66.8 Å². The summed E-state index contributed by atoms with van der Waals surface area (Å²) in [6.07, 6.45) is -2.36. The lowest BCUT2D eigenvalue weighted by atomic mass is 10.0. The number of halogens is 3. The molecule has 5 nitrogen and oxygen atoms in total. The molecule has 0 spiro atoms. The van der Waals surface area contributed by atoms with Gasteiger partial charge in [-0.3, -0.25) is 9.59 Å². The first-order chi connectivity index (χ1) is 15.7. The zero-order chi connectivity index (χ0) is 23.6. The second-order valence-electron chi connectivity index (χ2n) is 7.78. The van der Waals surface area contributed by atoms with Crippen LogP contribution in [-0.4, -0.2) is 16.7 Å². The lowest BCUT2D eigenvalue weighted by Gasteiger charge is -2.09. The highest BCUT2D eigenvalue weighted by Crippen LogP contribution is 2.39. The van der Waals surface area contributed by atoms with Gasteiger partial charge in [0.25, 0.3) is 0 Å². The minimum Gasteiger partial charge on any atom is -0.310 e. The Morgan fingerprint density at radius 3 is 2.45 bits per heavy atom. The van der Waals surface area contributed by atoms with Crippen molar-refractivity contribution < 1.29 is 22.8 Å². The molecule has 0 unspecified atom stereocenters. The molecule has 1 amide bonds. The summed E-state index contributed by atoms with van der Waals surface area (Å²) in [6, 6.07) is 14.2. The number of rotatable bonds is 7. The van der Waals surface area contributed by atoms with E-state index in [0.717, 1.165) is 24.5 Å². The number of hydrogen-bond acceptors (Lipinski definition) is 5. The lowest BCUT2D eigenvalue weighted by Crippen LogP contribution is -2.16. The van der Waals surface area contributed by atoms with E-state index in [9.17, 15) is 22.8 Å². The summed E-state index contributed by atoms with van der Waals surface area (Å²) >= 11 is 0.570. The first-order valence-corrected chi connectivity index (χ1v) is 11.1. The highest BCUT2D eigenvalue weighted by molar-refractivity contribution is 7.15. The van der Waals surface area contributed by atoms with Crippen LogP contribution < -0.4 is 5.32 Å². The normalized spacial score (nSPS) is 13.4. The minimum absolute atomic E-state index is 0.0780. The van der Waals surface area contributed by atoms with Gasteiger partial charge in [0.05, 0.1) is 11.6 Å². The van der Waals surface area contributed by atoms with Crippen molar-refractivity contribution in [3.8, 4) is 16.5 Å². The van der Waals surface area contributed by atoms with Crippen molar-refractivity contribution in [2.24, 2.45) is 5.92 Å². The summed E-state index contributed by atoms with van der Waals surface area (Å²) in [7, 11) is 0. The van der Waals surface area contributed by atoms with E-state index in [1.54, 1.807) is 24.3 Å². The van der Waals surface area contributed by atoms with Crippen LogP contribution in [0, 0.1) is 17.2 Å². The maximum atomic E-state index is 13.0. The summed E-state index contributed by atoms with van der Waals surface area (Å²) in [5.74, 6) is -0.453. The Kier molecular flexibility index (Phi) is 6.29. The highest BCUT2D eigenvalue weighted by atomic mass is 32.1. The third-order valence-corrected chi connectivity index (χ3v) is 6.38. The number of nitriles is 1. The number of aromatic nitrogens is 1. The smallest absolute Gasteiger partial charge is 0.310 e. The topological polar surface area (TPSA) is 82.9 Å². The largest absolute Gasteiger partial charge is 0.425 e. The van der Waals surface area contributed by atoms with Gasteiger partial charge in [-0.25, -0.2) is 4.98 Å². The Morgan fingerprint density at radius 1 is 1.12 bits per heavy atom. The maximum absolute atomic E-state index is 13.0. The highest BCUT2D eigenvalue weighted by Gasteiger charge is 2.33. The fourth-order valence-corrected chi connectivity index (χ4v) is 4.09. The van der Waals surface area contributed by atoms with E-state index in [2.05, 4.69) is 10.3 Å². The summed E-state index contributed by atoms with van der Waals surface area (Å²) in [5.41, 5.74) is 1.85. The van der Waals surface area contributed by atoms with Gasteiger partial charge >= 0.3 is 6.18 Å². The predicted molar refractivity (Wildman–Crippen MR) is 118 cm³/mol. The number of nitrogens with one attached hydrogen (secondary N) is 1. The van der Waals surface area contributed by atoms with Crippen LogP contribution in [0.5, 0.6) is 0 Å². The maximum Gasteiger partial charge on any atom is 0.425 e. The van der Waals surface area contributed by atoms with Crippen LogP contribution in [-0.2, 0) is 17.4 Å². The molecular formula is C24H18F3N3O2S. The fraction of sp³-hybridized carbons (Fsp3) is 0.250. The Morgan fingerprint density at radius 2 is 1.85 bits per heavy atom. The second-order valence-corrected chi connectivity index (χ2v) is 8.87. The number of pyridine rings is 1. The quantitative estimate of drug-likeness (QED) is 0.439. The molecule has 0 saturated heterocycles. The number of nitrogens with zero attached hydrogens (tertiary/aromatic N) is 2. The summed E-state index contributed by atoms with van der Waals surface area (Å²) in [4.78, 5) is 28.9. The monoisotopic (exact) mass is 469 g/mol. The SMILES string of the molecule is N#Cc1ccc(CCC(=O)c2cc(-c3ccc(C(F)(F)F)s3)cc(NC(=O)C3CC3)n2)cc1. The number of benzene rings is 1. The average molecular weight is 469 g/mol. The third kappa shape index (κ3) is 5.65. The van der Waals surface area contributed by atoms with E-state index in [0.29, 0.717) is 33.8 Å². The molecule has 0 bridgehead atoms. The zero-order valence-electron chi connectivity index (χ0n) is 17.3. The molecule has 1 aliphatic rings. The van der Waals surface area contributed by atoms with Crippen molar-refractivity contribution in [2.75, 3.05) is 5.32 Å². The number of thiophene rings is 1. The van der Waals surface area contributed by atoms with E-state index in [4.69, 9.17) is 5.26 Å². The Balaban J connectivity index is 1.59. The van der Waals surface area contributed by atoms with Crippen molar-refractivity contribution in [2.45, 2.75) is 31.9 Å². The molecular weight excluding hydrogens is 451 g/mol. The summed E-state index contributed by atoms with van der Waals surface area (Å²) < 4.78 is 39.1. The first kappa shape index (κ1) is 22.7. The number of carbonyl (C=O) groups excluding carboxylic acids is 2. The van der Waals surface area contributed by atoms with E-state index in [1.807, 2.05) is 6.07 Å². The Labute approximate surface area is 191 Å². The van der Waals surface area contributed by atoms with Gasteiger partial charge in [-0.2, -0.15) is 18.4 Å². The fourth-order valence-electron chi connectivity index (χ4n) is 3.23. The zero-order valence-corrected chi connectivity index (χ0v) is 18.1. The van der Waals surface area contributed by atoms with E-state index in [1.165, 1.54) is 18.2 Å². The summed E-state index contributed by atoms with van der Waals surface area (Å²) in [6.45, 7) is 0. The molecule has 9 heteroatoms. The van der Waals surface area contributed by atoms with Crippen LogP contribution in [0.4, 0.5) is 19.0 Å². The molecule has 0 atom stereocenters. The van der Waals surface area contributed by atoms with E-state index in [-0.39, 0.29) is 35.5 Å². The predicted octanol–water partition coefficient (Wildman–Crippen LogP) is 5.86. The van der Waals surface area contributed by atoms with Crippen LogP contribution in [0.3, 0.4) is 0 Å². The Hall–Kier alpha value is -3.51. The van der Waals surface area contributed by atoms with Gasteiger partial charge in [-0.1, -0.05) is 12.1 Å². The molecule has 1 aliphatic carbocycles. The second kappa shape index (κ2) is 9.16. The van der Waals surface area contributed by atoms with Crippen LogP contribution >= 0.6 is 11.3 Å². The van der Waals surface area contributed by atoms with Gasteiger partial charge in [0.1, 0.15) is 16.4 Å². The molecule has 1 aromatic carbocycles. The number of amides is 1. The van der Waals surface area contributed by atoms with E-state index >= 15 is 0 Å². The number of aryl methyl sites for hydroxylation is 1. The molecule has 168 valence electrons. The minimum atomic E-state index is -4.46. The number of alkyl halides is 3. The third-order valence-electron chi connectivity index (χ3n) is 5.20. The average Bonchev–Trinajstić information content (AvgIpc) is 3.52. The molecule has 2 heterocycles. The van der Waals surface area contributed by atoms with Gasteiger partial charge in [-0.15, -0.1) is 11.3 Å². The van der Waals surface area contributed by atoms with Crippen LogP contribution in [0.25, 0.3) is 10.4 Å². The molecule has 2 aromatic heterocycles. The van der Waals surface area contributed by atoms with Crippen LogP contribution in [0.2, 0.25) is 0 Å². The molecule has 0 aliphatic heterocycles. The standard InChI is InChI=1S/C24H18F3N3O2S/c25-24(26,27)21-10-9-20(33-21)17-11-18(29-22(12-17)30-23(32)16-6-7-16)19(31)8-5-14-1-3-15(13-28)4-2-14/h1-4,9-12,16H,5-8H2,(H,29,30,32). The van der Waals surface area contributed by atoms with Crippen molar-refractivity contribution in [3.63, 3.8) is 0 Å². The van der Waals surface area contributed by atoms with Crippen LogP contribution in [0.1, 0.15) is 45.8 Å². The van der Waals surface area contributed by atoms with Gasteiger partial charge in [0.15, 0.2) is 5.78 Å². The number of carbonyl (C=O) groups is 2. The molecule has 33 heavy (non-hydrogen) atoms. The molecule has 1 N–H and O–H groups in total. The van der Waals surface area contributed by atoms with Crippen molar-refractivity contribution in [1.29, 1.82) is 5.26 Å². The first-order valence-electron chi connectivity index (χ1n) is 10.3. The molecule has 1 fully saturated rings. The number of Topliss-reactive ketones (excluding diaryl/α,β-unsaturated/α-hetero) is 1. The lowest BCUT2D eigenvalue weighted by molar-refractivity contribution is -0.134. The molecule has 1 saturated carbocycles. The van der Waals surface area contributed by atoms with Crippen LogP contribution in [0.15, 0.2) is 48.5 Å². The van der Waals surface area contributed by atoms with E-state index < -0.39 is 11.1 Å². The van der Waals surface area contributed by atoms with Crippen molar-refractivity contribution >= 4 is 28.8 Å². The van der Waals surface area contributed by atoms with Crippen molar-refractivity contribution in [3.05, 3.63) is 70.2 Å². The number of anilines is 1. The van der Waals surface area contributed by atoms with Gasteiger partial charge < -0.3 is 5.32 Å². The summed E-state index contributed by atoms with van der Waals surface area (Å²) in [5, 5.41) is 11.6.